The number of esters is 1. The van der Waals surface area contributed by atoms with Crippen LogP contribution in [0.3, 0.4) is 0 Å². The predicted molar refractivity (Wildman–Crippen MR) is 59.4 cm³/mol. The van der Waals surface area contributed by atoms with Crippen LogP contribution in [0.2, 0.25) is 0 Å². The Labute approximate surface area is 90.3 Å². The van der Waals surface area contributed by atoms with Gasteiger partial charge in [0.05, 0.1) is 5.56 Å². The van der Waals surface area contributed by atoms with Crippen LogP contribution in [0.25, 0.3) is 0 Å². The minimum absolute atomic E-state index is 0.107. The average Bonchev–Trinajstić information content (AvgIpc) is 2.17. The molecule has 0 spiro atoms. The zero-order valence-electron chi connectivity index (χ0n) is 9.20. The number of carbonyl (C=O) groups excluding carboxylic acids is 1. The third-order valence-electron chi connectivity index (χ3n) is 2.11. The van der Waals surface area contributed by atoms with E-state index in [-0.39, 0.29) is 5.41 Å². The Kier molecular flexibility index (Phi) is 3.16. The molecule has 2 nitrogen and oxygen atoms in total. The van der Waals surface area contributed by atoms with Gasteiger partial charge < -0.3 is 4.74 Å². The van der Waals surface area contributed by atoms with Gasteiger partial charge in [-0.15, -0.1) is 0 Å². The van der Waals surface area contributed by atoms with E-state index in [1.54, 1.807) is 12.1 Å². The molecule has 1 aromatic carbocycles. The van der Waals surface area contributed by atoms with Crippen LogP contribution in [-0.4, -0.2) is 5.97 Å². The summed E-state index contributed by atoms with van der Waals surface area (Å²) in [5.41, 5.74) is 1.36. The molecule has 0 N–H and O–H groups in total. The second kappa shape index (κ2) is 4.18. The summed E-state index contributed by atoms with van der Waals surface area (Å²) in [6.45, 7) is 6.11. The van der Waals surface area contributed by atoms with Gasteiger partial charge in [0.15, 0.2) is 0 Å². The maximum absolute atomic E-state index is 11.5. The van der Waals surface area contributed by atoms with Gasteiger partial charge in [-0.2, -0.15) is 0 Å². The standard InChI is InChI=1S/C13H14O2/c1-5-15-12(14)10-8-6-7-9-11(10)13(2,3)4/h1,6-9H,2-4H3. The Hall–Kier alpha value is -1.75. The fourth-order valence-corrected chi connectivity index (χ4v) is 1.42. The van der Waals surface area contributed by atoms with E-state index in [1.165, 1.54) is 0 Å². The molecule has 2 heteroatoms. The molecule has 0 fully saturated rings. The lowest BCUT2D eigenvalue weighted by Crippen LogP contribution is -2.17. The summed E-state index contributed by atoms with van der Waals surface area (Å²) in [6, 6.07) is 7.32. The van der Waals surface area contributed by atoms with Crippen LogP contribution in [-0.2, 0) is 10.2 Å². The number of hydrogen-bond donors (Lipinski definition) is 0. The average molecular weight is 202 g/mol. The van der Waals surface area contributed by atoms with Gasteiger partial charge in [-0.3, -0.25) is 0 Å². The summed E-state index contributed by atoms with van der Waals surface area (Å²) in [4.78, 5) is 11.5. The van der Waals surface area contributed by atoms with Crippen molar-refractivity contribution in [1.29, 1.82) is 0 Å². The molecule has 0 radical (unpaired) electrons. The van der Waals surface area contributed by atoms with Crippen molar-refractivity contribution in [2.75, 3.05) is 0 Å². The Bertz CT molecular complexity index is 405. The molecule has 78 valence electrons. The third-order valence-corrected chi connectivity index (χ3v) is 2.11. The molecule has 0 heterocycles. The minimum atomic E-state index is -0.469. The van der Waals surface area contributed by atoms with Gasteiger partial charge in [-0.1, -0.05) is 45.4 Å². The number of rotatable bonds is 1. The van der Waals surface area contributed by atoms with Gasteiger partial charge in [0.25, 0.3) is 0 Å². The van der Waals surface area contributed by atoms with Crippen LogP contribution in [0, 0.1) is 12.5 Å². The molecular formula is C13H14O2. The van der Waals surface area contributed by atoms with Crippen molar-refractivity contribution in [3.8, 4) is 12.5 Å². The second-order valence-electron chi connectivity index (χ2n) is 4.30. The highest BCUT2D eigenvalue weighted by Crippen LogP contribution is 2.25. The molecule has 0 aliphatic heterocycles. The van der Waals surface area contributed by atoms with Crippen LogP contribution in [0.15, 0.2) is 24.3 Å². The molecule has 1 aromatic rings. The zero-order valence-corrected chi connectivity index (χ0v) is 9.20. The first-order chi connectivity index (χ1) is 6.96. The van der Waals surface area contributed by atoms with Gasteiger partial charge in [-0.05, 0) is 17.0 Å². The molecule has 0 bridgehead atoms. The first-order valence-corrected chi connectivity index (χ1v) is 4.73. The number of hydrogen-bond acceptors (Lipinski definition) is 2. The molecule has 0 saturated heterocycles. The highest BCUT2D eigenvalue weighted by molar-refractivity contribution is 5.92. The molecule has 0 aliphatic rings. The number of carbonyl (C=O) groups is 1. The number of benzene rings is 1. The fraction of sp³-hybridized carbons (Fsp3) is 0.308. The molecular weight excluding hydrogens is 188 g/mol. The SMILES string of the molecule is C#COC(=O)c1ccccc1C(C)(C)C. The highest BCUT2D eigenvalue weighted by Gasteiger charge is 2.21. The number of ether oxygens (including phenoxy) is 1. The van der Waals surface area contributed by atoms with Crippen LogP contribution in [0.1, 0.15) is 36.7 Å². The Balaban J connectivity index is 3.20. The van der Waals surface area contributed by atoms with Crippen molar-refractivity contribution < 1.29 is 9.53 Å². The largest absolute Gasteiger partial charge is 0.369 e. The van der Waals surface area contributed by atoms with Gasteiger partial charge >= 0.3 is 5.97 Å². The van der Waals surface area contributed by atoms with E-state index in [0.29, 0.717) is 5.56 Å². The summed E-state index contributed by atoms with van der Waals surface area (Å²) in [7, 11) is 0. The van der Waals surface area contributed by atoms with Gasteiger partial charge in [0.2, 0.25) is 0 Å². The van der Waals surface area contributed by atoms with Crippen molar-refractivity contribution in [1.82, 2.24) is 0 Å². The van der Waals surface area contributed by atoms with E-state index in [4.69, 9.17) is 6.42 Å². The van der Waals surface area contributed by atoms with Gasteiger partial charge in [0.1, 0.15) is 6.11 Å². The fourth-order valence-electron chi connectivity index (χ4n) is 1.42. The maximum atomic E-state index is 11.5. The molecule has 0 aliphatic carbocycles. The van der Waals surface area contributed by atoms with E-state index >= 15 is 0 Å². The first-order valence-electron chi connectivity index (χ1n) is 4.73. The smallest absolute Gasteiger partial charge is 0.352 e. The van der Waals surface area contributed by atoms with Crippen molar-refractivity contribution in [2.24, 2.45) is 0 Å². The Morgan fingerprint density at radius 1 is 1.33 bits per heavy atom. The zero-order chi connectivity index (χ0) is 11.5. The summed E-state index contributed by atoms with van der Waals surface area (Å²) in [5, 5.41) is 0. The van der Waals surface area contributed by atoms with Gasteiger partial charge in [-0.25, -0.2) is 4.79 Å². The Morgan fingerprint density at radius 3 is 2.47 bits per heavy atom. The molecule has 15 heavy (non-hydrogen) atoms. The lowest BCUT2D eigenvalue weighted by atomic mass is 9.84. The van der Waals surface area contributed by atoms with Crippen molar-refractivity contribution >= 4 is 5.97 Å². The second-order valence-corrected chi connectivity index (χ2v) is 4.30. The summed E-state index contributed by atoms with van der Waals surface area (Å²) >= 11 is 0. The van der Waals surface area contributed by atoms with Crippen LogP contribution in [0.4, 0.5) is 0 Å². The normalized spacial score (nSPS) is 10.5. The quantitative estimate of drug-likeness (QED) is 0.517. The molecule has 0 saturated carbocycles. The van der Waals surface area contributed by atoms with Crippen molar-refractivity contribution in [2.45, 2.75) is 26.2 Å². The van der Waals surface area contributed by atoms with E-state index < -0.39 is 5.97 Å². The summed E-state index contributed by atoms with van der Waals surface area (Å²) in [6.07, 6.45) is 6.83. The lowest BCUT2D eigenvalue weighted by molar-refractivity contribution is 0.0688. The van der Waals surface area contributed by atoms with E-state index in [2.05, 4.69) is 4.74 Å². The predicted octanol–water partition coefficient (Wildman–Crippen LogP) is 2.73. The molecule has 0 atom stereocenters. The van der Waals surface area contributed by atoms with E-state index in [1.807, 2.05) is 39.0 Å². The topological polar surface area (TPSA) is 26.3 Å². The van der Waals surface area contributed by atoms with Crippen LogP contribution < -0.4 is 0 Å². The minimum Gasteiger partial charge on any atom is -0.369 e. The molecule has 1 rings (SSSR count). The monoisotopic (exact) mass is 202 g/mol. The molecule has 0 aromatic heterocycles. The van der Waals surface area contributed by atoms with E-state index in [0.717, 1.165) is 5.56 Å². The molecule has 0 amide bonds. The third kappa shape index (κ3) is 2.60. The maximum Gasteiger partial charge on any atom is 0.352 e. The summed E-state index contributed by atoms with van der Waals surface area (Å²) in [5.74, 6) is -0.469. The van der Waals surface area contributed by atoms with Crippen LogP contribution in [0.5, 0.6) is 0 Å². The van der Waals surface area contributed by atoms with E-state index in [9.17, 15) is 4.79 Å². The van der Waals surface area contributed by atoms with Crippen LogP contribution >= 0.6 is 0 Å². The summed E-state index contributed by atoms with van der Waals surface area (Å²) < 4.78 is 4.55. The van der Waals surface area contributed by atoms with Crippen molar-refractivity contribution in [3.63, 3.8) is 0 Å². The molecule has 0 unspecified atom stereocenters. The first kappa shape index (κ1) is 11.3. The van der Waals surface area contributed by atoms with Gasteiger partial charge in [0, 0.05) is 0 Å². The lowest BCUT2D eigenvalue weighted by Gasteiger charge is -2.21. The number of terminal acetylenes is 1. The van der Waals surface area contributed by atoms with Crippen molar-refractivity contribution in [3.05, 3.63) is 35.4 Å². The highest BCUT2D eigenvalue weighted by atomic mass is 16.5. The Morgan fingerprint density at radius 2 is 1.93 bits per heavy atom.